The van der Waals surface area contributed by atoms with Gasteiger partial charge >= 0.3 is 13.7 Å². The maximum Gasteiger partial charge on any atom is 0.459 e. The van der Waals surface area contributed by atoms with E-state index in [4.69, 9.17) is 29.0 Å². The fourth-order valence-electron chi connectivity index (χ4n) is 3.99. The smallest absolute Gasteiger partial charge is 0.459 e. The number of ether oxygens (including phenoxy) is 3. The number of esters is 1. The van der Waals surface area contributed by atoms with Crippen LogP contribution in [0.5, 0.6) is 5.75 Å². The number of carbonyl (C=O) groups is 1. The van der Waals surface area contributed by atoms with Gasteiger partial charge in [-0.25, -0.2) is 14.1 Å². The summed E-state index contributed by atoms with van der Waals surface area (Å²) in [6, 6.07) is 10.5. The Morgan fingerprint density at radius 2 is 1.97 bits per heavy atom. The number of benzene rings is 1. The molecule has 1 fully saturated rings. The highest BCUT2D eigenvalue weighted by molar-refractivity contribution is 7.52. The molecular formula is C24H32N5O9P. The molecule has 6 atom stereocenters. The van der Waals surface area contributed by atoms with Gasteiger partial charge in [-0.05, 0) is 31.2 Å². The van der Waals surface area contributed by atoms with E-state index in [2.05, 4.69) is 15.2 Å². The van der Waals surface area contributed by atoms with E-state index in [9.17, 15) is 19.6 Å². The Bertz CT molecular complexity index is 1290. The highest BCUT2D eigenvalue weighted by atomic mass is 31.2. The number of aliphatic hydroxyl groups is 2. The summed E-state index contributed by atoms with van der Waals surface area (Å²) in [6.07, 6.45) is -3.07. The molecule has 1 aromatic carbocycles. The number of methoxy groups -OCH3 is 1. The highest BCUT2D eigenvalue weighted by Gasteiger charge is 2.46. The molecule has 15 heteroatoms. The molecule has 0 amide bonds. The van der Waals surface area contributed by atoms with E-state index in [0.29, 0.717) is 24.2 Å². The standard InChI is InChI=1S/C24H32N5O9P/c1-15(24(32)35-12-6-11-34-2)28-39(33,38-16-7-4-3-5-8-16)36-13-19-20(30)21(31)22(37-19)17-9-10-18-23(25)26-14-27-29(17)18/h3-5,7-10,14-15,19-22,30-31H,6,11-13H2,1-2H3,(H,28,33)(H2,25,26,27)/t15-,19+,20+,21+,22-,39-/m0/s1. The first-order chi connectivity index (χ1) is 18.7. The predicted octanol–water partition coefficient (Wildman–Crippen LogP) is 1.23. The molecule has 1 aliphatic heterocycles. The number of fused-ring (bicyclic) bond motifs is 1. The second-order valence-corrected chi connectivity index (χ2v) is 10.5. The number of nitrogens with two attached hydrogens (primary N) is 1. The average molecular weight is 566 g/mol. The van der Waals surface area contributed by atoms with Crippen molar-refractivity contribution in [2.45, 2.75) is 43.8 Å². The zero-order valence-electron chi connectivity index (χ0n) is 21.5. The second kappa shape index (κ2) is 12.8. The second-order valence-electron chi connectivity index (χ2n) is 8.84. The normalized spacial score (nSPS) is 23.4. The van der Waals surface area contributed by atoms with Crippen LogP contribution in [0.3, 0.4) is 0 Å². The molecule has 0 radical (unpaired) electrons. The van der Waals surface area contributed by atoms with Gasteiger partial charge in [0.2, 0.25) is 0 Å². The molecule has 4 rings (SSSR count). The van der Waals surface area contributed by atoms with E-state index in [1.54, 1.807) is 42.5 Å². The van der Waals surface area contributed by atoms with Crippen molar-refractivity contribution in [3.63, 3.8) is 0 Å². The van der Waals surface area contributed by atoms with Crippen LogP contribution in [0.4, 0.5) is 5.82 Å². The molecular weight excluding hydrogens is 533 g/mol. The summed E-state index contributed by atoms with van der Waals surface area (Å²) in [5, 5.41) is 28.1. The van der Waals surface area contributed by atoms with Crippen molar-refractivity contribution in [1.82, 2.24) is 19.7 Å². The van der Waals surface area contributed by atoms with Gasteiger partial charge < -0.3 is 34.7 Å². The van der Waals surface area contributed by atoms with Crippen molar-refractivity contribution in [2.75, 3.05) is 32.7 Å². The fraction of sp³-hybridized carbons (Fsp3) is 0.458. The Hall–Kier alpha value is -3.10. The van der Waals surface area contributed by atoms with Crippen LogP contribution < -0.4 is 15.3 Å². The van der Waals surface area contributed by atoms with Gasteiger partial charge in [0.25, 0.3) is 0 Å². The summed E-state index contributed by atoms with van der Waals surface area (Å²) in [4.78, 5) is 16.4. The monoisotopic (exact) mass is 565 g/mol. The molecule has 0 unspecified atom stereocenters. The summed E-state index contributed by atoms with van der Waals surface area (Å²) in [5.41, 5.74) is 6.82. The van der Waals surface area contributed by atoms with Crippen molar-refractivity contribution in [3.05, 3.63) is 54.5 Å². The van der Waals surface area contributed by atoms with Crippen molar-refractivity contribution in [3.8, 4) is 5.75 Å². The number of nitrogens with one attached hydrogen (secondary N) is 1. The highest BCUT2D eigenvalue weighted by Crippen LogP contribution is 2.46. The Morgan fingerprint density at radius 3 is 2.72 bits per heavy atom. The van der Waals surface area contributed by atoms with Gasteiger partial charge in [0.15, 0.2) is 5.82 Å². The van der Waals surface area contributed by atoms with Crippen LogP contribution in [0.1, 0.15) is 25.1 Å². The molecule has 14 nitrogen and oxygen atoms in total. The van der Waals surface area contributed by atoms with Crippen LogP contribution in [-0.2, 0) is 28.1 Å². The van der Waals surface area contributed by atoms with Crippen molar-refractivity contribution < 1.29 is 42.8 Å². The Balaban J connectivity index is 1.45. The molecule has 3 aromatic rings. The van der Waals surface area contributed by atoms with Crippen LogP contribution in [-0.4, -0.2) is 82.1 Å². The van der Waals surface area contributed by atoms with Crippen molar-refractivity contribution in [2.24, 2.45) is 0 Å². The largest absolute Gasteiger partial charge is 0.464 e. The van der Waals surface area contributed by atoms with Gasteiger partial charge in [-0.15, -0.1) is 0 Å². The summed E-state index contributed by atoms with van der Waals surface area (Å²) in [6.45, 7) is 1.55. The van der Waals surface area contributed by atoms with E-state index < -0.39 is 50.8 Å². The van der Waals surface area contributed by atoms with E-state index in [1.807, 2.05) is 0 Å². The summed E-state index contributed by atoms with van der Waals surface area (Å²) >= 11 is 0. The summed E-state index contributed by atoms with van der Waals surface area (Å²) in [7, 11) is -2.67. The van der Waals surface area contributed by atoms with E-state index >= 15 is 0 Å². The molecule has 0 spiro atoms. The molecule has 0 saturated carbocycles. The Labute approximate surface area is 224 Å². The van der Waals surface area contributed by atoms with Crippen LogP contribution in [0.25, 0.3) is 5.52 Å². The molecule has 1 saturated heterocycles. The molecule has 39 heavy (non-hydrogen) atoms. The Kier molecular flexibility index (Phi) is 9.51. The van der Waals surface area contributed by atoms with Gasteiger partial charge in [0.1, 0.15) is 48.1 Å². The lowest BCUT2D eigenvalue weighted by molar-refractivity contribution is -0.145. The quantitative estimate of drug-likeness (QED) is 0.132. The van der Waals surface area contributed by atoms with Gasteiger partial charge in [-0.3, -0.25) is 9.32 Å². The van der Waals surface area contributed by atoms with E-state index in [0.717, 1.165) is 0 Å². The number of nitrogens with zero attached hydrogens (tertiary/aromatic N) is 3. The van der Waals surface area contributed by atoms with E-state index in [-0.39, 0.29) is 18.2 Å². The van der Waals surface area contributed by atoms with Gasteiger partial charge in [-0.2, -0.15) is 10.2 Å². The molecule has 1 aliphatic rings. The molecule has 0 bridgehead atoms. The van der Waals surface area contributed by atoms with E-state index in [1.165, 1.54) is 24.9 Å². The third-order valence-corrected chi connectivity index (χ3v) is 7.63. The number of carbonyl (C=O) groups excluding carboxylic acids is 1. The van der Waals surface area contributed by atoms with Crippen LogP contribution in [0.2, 0.25) is 0 Å². The third-order valence-electron chi connectivity index (χ3n) is 5.98. The third kappa shape index (κ3) is 6.92. The fourth-order valence-corrected chi connectivity index (χ4v) is 5.49. The Morgan fingerprint density at radius 1 is 1.21 bits per heavy atom. The number of hydrogen-bond donors (Lipinski definition) is 4. The van der Waals surface area contributed by atoms with Gasteiger partial charge in [-0.1, -0.05) is 18.2 Å². The minimum atomic E-state index is -4.21. The van der Waals surface area contributed by atoms with Gasteiger partial charge in [0, 0.05) is 20.1 Å². The number of aromatic nitrogens is 3. The summed E-state index contributed by atoms with van der Waals surface area (Å²) < 4.78 is 42.4. The lowest BCUT2D eigenvalue weighted by Gasteiger charge is -2.24. The molecule has 0 aliphatic carbocycles. The number of nitrogen functional groups attached to an aromatic ring is 1. The van der Waals surface area contributed by atoms with Crippen LogP contribution in [0.15, 0.2) is 48.8 Å². The van der Waals surface area contributed by atoms with Gasteiger partial charge in [0.05, 0.1) is 18.9 Å². The van der Waals surface area contributed by atoms with Crippen molar-refractivity contribution in [1.29, 1.82) is 0 Å². The first-order valence-corrected chi connectivity index (χ1v) is 13.8. The lowest BCUT2D eigenvalue weighted by atomic mass is 10.1. The number of hydrogen-bond acceptors (Lipinski definition) is 12. The first kappa shape index (κ1) is 28.9. The van der Waals surface area contributed by atoms with Crippen molar-refractivity contribution >= 4 is 25.1 Å². The number of aliphatic hydroxyl groups excluding tert-OH is 2. The minimum absolute atomic E-state index is 0.121. The molecule has 2 aromatic heterocycles. The topological polar surface area (TPSA) is 189 Å². The SMILES string of the molecule is COCCCOC(=O)[C@H](C)N[P@](=O)(OC[C@H]1O[C@@H](c2ccc3c(N)ncnn23)[C@H](O)[C@@H]1O)Oc1ccccc1. The number of anilines is 1. The predicted molar refractivity (Wildman–Crippen MR) is 138 cm³/mol. The maximum absolute atomic E-state index is 13.7. The zero-order chi connectivity index (χ0) is 28.0. The average Bonchev–Trinajstić information content (AvgIpc) is 3.47. The van der Waals surface area contributed by atoms with Crippen LogP contribution >= 0.6 is 7.75 Å². The molecule has 5 N–H and O–H groups in total. The molecule has 212 valence electrons. The van der Waals surface area contributed by atoms with Crippen LogP contribution in [0, 0.1) is 0 Å². The number of rotatable bonds is 13. The lowest BCUT2D eigenvalue weighted by Crippen LogP contribution is -2.37. The maximum atomic E-state index is 13.7. The molecule has 3 heterocycles. The zero-order valence-corrected chi connectivity index (χ0v) is 22.3. The number of para-hydroxylation sites is 1. The first-order valence-electron chi connectivity index (χ1n) is 12.2. The minimum Gasteiger partial charge on any atom is -0.464 e. The summed E-state index contributed by atoms with van der Waals surface area (Å²) in [5.74, 6) is -0.210.